The molecule has 0 radical (unpaired) electrons. The normalized spacial score (nSPS) is 23.6. The Morgan fingerprint density at radius 2 is 2.06 bits per heavy atom. The summed E-state index contributed by atoms with van der Waals surface area (Å²) < 4.78 is 5.51. The fourth-order valence-corrected chi connectivity index (χ4v) is 2.26. The van der Waals surface area contributed by atoms with Crippen LogP contribution in [0.15, 0.2) is 18.2 Å². The minimum Gasteiger partial charge on any atom is -0.477 e. The monoisotopic (exact) mass is 275 g/mol. The lowest BCUT2D eigenvalue weighted by Crippen LogP contribution is -2.52. The van der Waals surface area contributed by atoms with Crippen LogP contribution in [-0.2, 0) is 4.79 Å². The molecule has 0 unspecified atom stereocenters. The number of para-hydroxylation sites is 1. The van der Waals surface area contributed by atoms with Gasteiger partial charge >= 0.3 is 5.97 Å². The van der Waals surface area contributed by atoms with Gasteiger partial charge in [0.15, 0.2) is 5.75 Å². The molecule has 0 bridgehead atoms. The Labute approximate surface area is 108 Å². The molecule has 1 aliphatic rings. The molecular formula is C11H11Cl2NO3. The van der Waals surface area contributed by atoms with Crippen molar-refractivity contribution >= 4 is 29.2 Å². The Kier molecular flexibility index (Phi) is 3.47. The number of carboxylic acid groups (broad SMARTS) is 1. The van der Waals surface area contributed by atoms with Crippen molar-refractivity contribution in [2.45, 2.75) is 18.6 Å². The maximum Gasteiger partial charge on any atom is 0.363 e. The van der Waals surface area contributed by atoms with Gasteiger partial charge in [0.05, 0.1) is 10.0 Å². The molecule has 2 N–H and O–H groups in total. The zero-order chi connectivity index (χ0) is 12.5. The van der Waals surface area contributed by atoms with Gasteiger partial charge in [-0.2, -0.15) is 0 Å². The lowest BCUT2D eigenvalue weighted by molar-refractivity contribution is -0.156. The van der Waals surface area contributed by atoms with Crippen LogP contribution in [0, 0.1) is 0 Å². The molecule has 1 saturated heterocycles. The summed E-state index contributed by atoms with van der Waals surface area (Å²) in [7, 11) is 0. The first kappa shape index (κ1) is 12.5. The molecule has 1 aromatic carbocycles. The van der Waals surface area contributed by atoms with Crippen molar-refractivity contribution in [1.29, 1.82) is 0 Å². The number of ether oxygens (including phenoxy) is 1. The van der Waals surface area contributed by atoms with E-state index in [0.29, 0.717) is 23.0 Å². The lowest BCUT2D eigenvalue weighted by atomic mass is 10.1. The molecule has 0 spiro atoms. The van der Waals surface area contributed by atoms with E-state index in [1.165, 1.54) is 0 Å². The van der Waals surface area contributed by atoms with E-state index in [1.54, 1.807) is 18.2 Å². The molecule has 92 valence electrons. The largest absolute Gasteiger partial charge is 0.477 e. The summed E-state index contributed by atoms with van der Waals surface area (Å²) in [4.78, 5) is 11.3. The van der Waals surface area contributed by atoms with E-state index in [2.05, 4.69) is 5.32 Å². The summed E-state index contributed by atoms with van der Waals surface area (Å²) in [6, 6.07) is 4.88. The minimum absolute atomic E-state index is 0.202. The van der Waals surface area contributed by atoms with Crippen molar-refractivity contribution in [2.75, 3.05) is 6.54 Å². The SMILES string of the molecule is O=C(O)[C@]1(Oc2c(Cl)cccc2Cl)CCCN1. The van der Waals surface area contributed by atoms with Gasteiger partial charge in [-0.1, -0.05) is 29.3 Å². The van der Waals surface area contributed by atoms with E-state index in [4.69, 9.17) is 27.9 Å². The molecule has 4 nitrogen and oxygen atoms in total. The van der Waals surface area contributed by atoms with E-state index in [0.717, 1.165) is 6.42 Å². The Morgan fingerprint density at radius 3 is 2.53 bits per heavy atom. The fraction of sp³-hybridized carbons (Fsp3) is 0.364. The van der Waals surface area contributed by atoms with Crippen LogP contribution in [0.5, 0.6) is 5.75 Å². The lowest BCUT2D eigenvalue weighted by Gasteiger charge is -2.26. The van der Waals surface area contributed by atoms with E-state index in [9.17, 15) is 9.90 Å². The van der Waals surface area contributed by atoms with Crippen LogP contribution in [0.2, 0.25) is 10.0 Å². The summed E-state index contributed by atoms with van der Waals surface area (Å²) in [5, 5.41) is 12.7. The maximum absolute atomic E-state index is 11.3. The molecule has 6 heteroatoms. The Morgan fingerprint density at radius 1 is 1.41 bits per heavy atom. The second kappa shape index (κ2) is 4.72. The number of halogens is 2. The van der Waals surface area contributed by atoms with Crippen molar-refractivity contribution < 1.29 is 14.6 Å². The third-order valence-electron chi connectivity index (χ3n) is 2.66. The van der Waals surface area contributed by atoms with Gasteiger partial charge in [-0.25, -0.2) is 4.79 Å². The number of nitrogens with one attached hydrogen (secondary N) is 1. The second-order valence-corrected chi connectivity index (χ2v) is 4.63. The molecule has 1 fully saturated rings. The van der Waals surface area contributed by atoms with Crippen LogP contribution in [0.25, 0.3) is 0 Å². The summed E-state index contributed by atoms with van der Waals surface area (Å²) in [6.07, 6.45) is 1.11. The third kappa shape index (κ3) is 2.34. The first-order valence-electron chi connectivity index (χ1n) is 5.17. The van der Waals surface area contributed by atoms with E-state index in [-0.39, 0.29) is 5.75 Å². The fourth-order valence-electron chi connectivity index (χ4n) is 1.78. The van der Waals surface area contributed by atoms with Gasteiger partial charge in [-0.05, 0) is 25.1 Å². The molecule has 1 aliphatic heterocycles. The molecule has 0 aromatic heterocycles. The number of carboxylic acids is 1. The zero-order valence-electron chi connectivity index (χ0n) is 8.87. The van der Waals surface area contributed by atoms with E-state index in [1.807, 2.05) is 0 Å². The number of aliphatic carboxylic acids is 1. The molecule has 1 aromatic rings. The summed E-state index contributed by atoms with van der Waals surface area (Å²) >= 11 is 11.9. The average molecular weight is 276 g/mol. The third-order valence-corrected chi connectivity index (χ3v) is 3.25. The molecular weight excluding hydrogens is 265 g/mol. The number of hydrogen-bond acceptors (Lipinski definition) is 3. The summed E-state index contributed by atoms with van der Waals surface area (Å²) in [5.41, 5.74) is -1.42. The summed E-state index contributed by atoms with van der Waals surface area (Å²) in [6.45, 7) is 0.592. The molecule has 0 aliphatic carbocycles. The predicted octanol–water partition coefficient (Wildman–Crippen LogP) is 2.54. The molecule has 17 heavy (non-hydrogen) atoms. The van der Waals surface area contributed by atoms with Crippen molar-refractivity contribution in [3.05, 3.63) is 28.2 Å². The molecule has 2 rings (SSSR count). The Balaban J connectivity index is 2.33. The van der Waals surface area contributed by atoms with E-state index >= 15 is 0 Å². The standard InChI is InChI=1S/C11H11Cl2NO3/c12-7-3-1-4-8(13)9(7)17-11(10(15)16)5-2-6-14-11/h1,3-4,14H,2,5-6H2,(H,15,16)/t11-/m1/s1. The van der Waals surface area contributed by atoms with Crippen LogP contribution in [-0.4, -0.2) is 23.3 Å². The van der Waals surface area contributed by atoms with Gasteiger partial charge in [0.1, 0.15) is 0 Å². The number of rotatable bonds is 3. The van der Waals surface area contributed by atoms with Crippen LogP contribution >= 0.6 is 23.2 Å². The molecule has 1 heterocycles. The topological polar surface area (TPSA) is 58.6 Å². The van der Waals surface area contributed by atoms with Gasteiger partial charge in [-0.3, -0.25) is 5.32 Å². The van der Waals surface area contributed by atoms with E-state index < -0.39 is 11.7 Å². The average Bonchev–Trinajstić information content (AvgIpc) is 2.73. The molecule has 1 atom stereocenters. The number of hydrogen-bond donors (Lipinski definition) is 2. The van der Waals surface area contributed by atoms with Gasteiger partial charge < -0.3 is 9.84 Å². The van der Waals surface area contributed by atoms with Crippen molar-refractivity contribution in [3.63, 3.8) is 0 Å². The Bertz CT molecular complexity index is 424. The first-order valence-corrected chi connectivity index (χ1v) is 5.92. The van der Waals surface area contributed by atoms with Gasteiger partial charge in [0.25, 0.3) is 5.72 Å². The summed E-state index contributed by atoms with van der Waals surface area (Å²) in [5.74, 6) is -0.862. The van der Waals surface area contributed by atoms with Crippen molar-refractivity contribution in [1.82, 2.24) is 5.32 Å². The van der Waals surface area contributed by atoms with Gasteiger partial charge in [0.2, 0.25) is 0 Å². The highest BCUT2D eigenvalue weighted by atomic mass is 35.5. The van der Waals surface area contributed by atoms with Crippen LogP contribution in [0.4, 0.5) is 0 Å². The highest BCUT2D eigenvalue weighted by molar-refractivity contribution is 6.37. The molecule has 0 saturated carbocycles. The van der Waals surface area contributed by atoms with Crippen LogP contribution < -0.4 is 10.1 Å². The van der Waals surface area contributed by atoms with Gasteiger partial charge in [-0.15, -0.1) is 0 Å². The van der Waals surface area contributed by atoms with Gasteiger partial charge in [0, 0.05) is 6.42 Å². The smallest absolute Gasteiger partial charge is 0.363 e. The van der Waals surface area contributed by atoms with Crippen molar-refractivity contribution in [2.24, 2.45) is 0 Å². The highest BCUT2D eigenvalue weighted by Gasteiger charge is 2.44. The van der Waals surface area contributed by atoms with Crippen molar-refractivity contribution in [3.8, 4) is 5.75 Å². The number of benzene rings is 1. The Hall–Kier alpha value is -0.970. The molecule has 0 amide bonds. The quantitative estimate of drug-likeness (QED) is 0.890. The highest BCUT2D eigenvalue weighted by Crippen LogP contribution is 2.36. The number of carbonyl (C=O) groups is 1. The zero-order valence-corrected chi connectivity index (χ0v) is 10.4. The maximum atomic E-state index is 11.3. The van der Waals surface area contributed by atoms with Crippen LogP contribution in [0.1, 0.15) is 12.8 Å². The minimum atomic E-state index is -1.42. The van der Waals surface area contributed by atoms with Crippen LogP contribution in [0.3, 0.4) is 0 Å². The second-order valence-electron chi connectivity index (χ2n) is 3.82. The predicted molar refractivity (Wildman–Crippen MR) is 64.7 cm³/mol. The first-order chi connectivity index (χ1) is 8.05.